The second kappa shape index (κ2) is 13.6. The molecule has 8 nitrogen and oxygen atoms in total. The molecule has 3 aromatic carbocycles. The summed E-state index contributed by atoms with van der Waals surface area (Å²) in [6, 6.07) is 18.1. The maximum atomic E-state index is 12.7. The van der Waals surface area contributed by atoms with Gasteiger partial charge in [-0.15, -0.1) is 0 Å². The van der Waals surface area contributed by atoms with Crippen LogP contribution in [0.2, 0.25) is 0 Å². The topological polar surface area (TPSA) is 97.4 Å². The zero-order valence-electron chi connectivity index (χ0n) is 21.7. The Morgan fingerprint density at radius 1 is 0.763 bits per heavy atom. The molecule has 0 N–H and O–H groups in total. The van der Waals surface area contributed by atoms with Gasteiger partial charge in [0, 0.05) is 12.0 Å². The van der Waals surface area contributed by atoms with Gasteiger partial charge in [0.1, 0.15) is 11.5 Å². The van der Waals surface area contributed by atoms with Crippen LogP contribution in [-0.4, -0.2) is 38.2 Å². The lowest BCUT2D eigenvalue weighted by Crippen LogP contribution is -2.11. The third-order valence-corrected chi connectivity index (χ3v) is 5.37. The molecule has 0 fully saturated rings. The Kier molecular flexibility index (Phi) is 10.0. The van der Waals surface area contributed by atoms with Gasteiger partial charge in [-0.1, -0.05) is 25.6 Å². The fourth-order valence-electron chi connectivity index (χ4n) is 3.23. The van der Waals surface area contributed by atoms with E-state index in [0.29, 0.717) is 34.8 Å². The third kappa shape index (κ3) is 7.96. The van der Waals surface area contributed by atoms with Gasteiger partial charge in [0.25, 0.3) is 0 Å². The second-order valence-electron chi connectivity index (χ2n) is 8.28. The van der Waals surface area contributed by atoms with Gasteiger partial charge in [-0.25, -0.2) is 14.4 Å². The predicted molar refractivity (Wildman–Crippen MR) is 141 cm³/mol. The molecule has 0 aliphatic heterocycles. The van der Waals surface area contributed by atoms with E-state index in [1.165, 1.54) is 37.4 Å². The Bertz CT molecular complexity index is 1280. The normalized spacial score (nSPS) is 10.3. The van der Waals surface area contributed by atoms with E-state index in [2.05, 4.69) is 6.58 Å². The summed E-state index contributed by atoms with van der Waals surface area (Å²) in [6.07, 6.45) is 1.37. The lowest BCUT2D eigenvalue weighted by Gasteiger charge is -2.12. The molecule has 0 amide bonds. The van der Waals surface area contributed by atoms with Crippen molar-refractivity contribution in [3.63, 3.8) is 0 Å². The molecule has 198 valence electrons. The number of methoxy groups -OCH3 is 1. The minimum atomic E-state index is -0.604. The standard InChI is InChI=1S/C30H30O8/c1-5-21-7-12-24(13-8-21)37-29(32)22-9-14-25(15-10-22)38-30(33)23-11-16-26(27(19-23)34-4)35-17-6-18-36-28(31)20(2)3/h7-16,19H,2,5-6,17-18H2,1,3-4H3. The summed E-state index contributed by atoms with van der Waals surface area (Å²) in [5.74, 6) is -0.0596. The van der Waals surface area contributed by atoms with E-state index in [1.54, 1.807) is 31.2 Å². The largest absolute Gasteiger partial charge is 0.493 e. The van der Waals surface area contributed by atoms with Crippen LogP contribution in [0, 0.1) is 0 Å². The van der Waals surface area contributed by atoms with Crippen molar-refractivity contribution in [1.82, 2.24) is 0 Å². The summed E-state index contributed by atoms with van der Waals surface area (Å²) in [5.41, 5.74) is 2.06. The van der Waals surface area contributed by atoms with Gasteiger partial charge in [0.2, 0.25) is 0 Å². The van der Waals surface area contributed by atoms with Gasteiger partial charge < -0.3 is 23.7 Å². The monoisotopic (exact) mass is 518 g/mol. The van der Waals surface area contributed by atoms with E-state index in [-0.39, 0.29) is 24.5 Å². The maximum Gasteiger partial charge on any atom is 0.343 e. The predicted octanol–water partition coefficient (Wildman–Crippen LogP) is 5.58. The molecule has 0 aromatic heterocycles. The van der Waals surface area contributed by atoms with Crippen LogP contribution in [0.5, 0.6) is 23.0 Å². The van der Waals surface area contributed by atoms with Crippen LogP contribution >= 0.6 is 0 Å². The van der Waals surface area contributed by atoms with Crippen molar-refractivity contribution in [3.8, 4) is 23.0 Å². The van der Waals surface area contributed by atoms with E-state index in [4.69, 9.17) is 23.7 Å². The quantitative estimate of drug-likeness (QED) is 0.133. The van der Waals surface area contributed by atoms with Crippen molar-refractivity contribution in [1.29, 1.82) is 0 Å². The lowest BCUT2D eigenvalue weighted by atomic mass is 10.2. The van der Waals surface area contributed by atoms with Gasteiger partial charge in [0.15, 0.2) is 11.5 Å². The highest BCUT2D eigenvalue weighted by Gasteiger charge is 2.15. The number of hydrogen-bond acceptors (Lipinski definition) is 8. The zero-order valence-corrected chi connectivity index (χ0v) is 21.7. The van der Waals surface area contributed by atoms with Crippen molar-refractivity contribution in [2.45, 2.75) is 26.7 Å². The third-order valence-electron chi connectivity index (χ3n) is 5.37. The van der Waals surface area contributed by atoms with Gasteiger partial charge in [-0.2, -0.15) is 0 Å². The highest BCUT2D eigenvalue weighted by atomic mass is 16.5. The molecule has 0 saturated carbocycles. The Balaban J connectivity index is 1.54. The first-order chi connectivity index (χ1) is 18.3. The van der Waals surface area contributed by atoms with E-state index < -0.39 is 17.9 Å². The molecule has 0 aliphatic carbocycles. The molecule has 0 heterocycles. The van der Waals surface area contributed by atoms with Crippen LogP contribution in [0.15, 0.2) is 78.9 Å². The summed E-state index contributed by atoms with van der Waals surface area (Å²) in [4.78, 5) is 36.5. The Labute approximate surface area is 221 Å². The smallest absolute Gasteiger partial charge is 0.343 e. The van der Waals surface area contributed by atoms with E-state index in [1.807, 2.05) is 19.1 Å². The van der Waals surface area contributed by atoms with Crippen molar-refractivity contribution in [2.75, 3.05) is 20.3 Å². The SMILES string of the molecule is C=C(C)C(=O)OCCCOc1ccc(C(=O)Oc2ccc(C(=O)Oc3ccc(CC)cc3)cc2)cc1OC. The summed E-state index contributed by atoms with van der Waals surface area (Å²) < 4.78 is 26.9. The van der Waals surface area contributed by atoms with Crippen molar-refractivity contribution >= 4 is 17.9 Å². The number of ether oxygens (including phenoxy) is 5. The fourth-order valence-corrected chi connectivity index (χ4v) is 3.23. The minimum absolute atomic E-state index is 0.195. The average molecular weight is 519 g/mol. The van der Waals surface area contributed by atoms with Crippen LogP contribution in [0.25, 0.3) is 0 Å². The van der Waals surface area contributed by atoms with E-state index >= 15 is 0 Å². The van der Waals surface area contributed by atoms with Crippen LogP contribution in [-0.2, 0) is 16.0 Å². The number of benzene rings is 3. The zero-order chi connectivity index (χ0) is 27.5. The molecule has 3 aromatic rings. The van der Waals surface area contributed by atoms with Gasteiger partial charge in [-0.3, -0.25) is 0 Å². The molecular formula is C30H30O8. The summed E-state index contributed by atoms with van der Waals surface area (Å²) in [6.45, 7) is 7.63. The van der Waals surface area contributed by atoms with Gasteiger partial charge >= 0.3 is 17.9 Å². The van der Waals surface area contributed by atoms with Crippen LogP contribution in [0.4, 0.5) is 0 Å². The molecule has 38 heavy (non-hydrogen) atoms. The Hall–Kier alpha value is -4.59. The number of esters is 3. The molecule has 8 heteroatoms. The molecule has 0 bridgehead atoms. The first-order valence-corrected chi connectivity index (χ1v) is 12.1. The molecule has 0 aliphatic rings. The average Bonchev–Trinajstić information content (AvgIpc) is 2.93. The van der Waals surface area contributed by atoms with Crippen molar-refractivity contribution in [2.24, 2.45) is 0 Å². The highest BCUT2D eigenvalue weighted by Crippen LogP contribution is 2.29. The molecule has 0 saturated heterocycles. The van der Waals surface area contributed by atoms with Crippen molar-refractivity contribution in [3.05, 3.63) is 95.6 Å². The Morgan fingerprint density at radius 3 is 1.92 bits per heavy atom. The number of carbonyl (C=O) groups is 3. The van der Waals surface area contributed by atoms with E-state index in [0.717, 1.165) is 12.0 Å². The van der Waals surface area contributed by atoms with Gasteiger partial charge in [-0.05, 0) is 73.5 Å². The summed E-state index contributed by atoms with van der Waals surface area (Å²) >= 11 is 0. The minimum Gasteiger partial charge on any atom is -0.493 e. The number of rotatable bonds is 12. The van der Waals surface area contributed by atoms with Crippen LogP contribution in [0.1, 0.15) is 46.5 Å². The number of aryl methyl sites for hydroxylation is 1. The fraction of sp³-hybridized carbons (Fsp3) is 0.233. The molecular weight excluding hydrogens is 488 g/mol. The maximum absolute atomic E-state index is 12.7. The lowest BCUT2D eigenvalue weighted by molar-refractivity contribution is -0.139. The van der Waals surface area contributed by atoms with Crippen molar-refractivity contribution < 1.29 is 38.1 Å². The summed E-state index contributed by atoms with van der Waals surface area (Å²) in [5, 5.41) is 0. The van der Waals surface area contributed by atoms with Crippen LogP contribution in [0.3, 0.4) is 0 Å². The first-order valence-electron chi connectivity index (χ1n) is 12.1. The van der Waals surface area contributed by atoms with Crippen LogP contribution < -0.4 is 18.9 Å². The van der Waals surface area contributed by atoms with E-state index in [9.17, 15) is 14.4 Å². The van der Waals surface area contributed by atoms with Gasteiger partial charge in [0.05, 0.1) is 31.5 Å². The first kappa shape index (κ1) is 28.0. The number of carbonyl (C=O) groups excluding carboxylic acids is 3. The Morgan fingerprint density at radius 2 is 1.34 bits per heavy atom. The highest BCUT2D eigenvalue weighted by molar-refractivity contribution is 5.93. The molecule has 0 atom stereocenters. The number of hydrogen-bond donors (Lipinski definition) is 0. The second-order valence-corrected chi connectivity index (χ2v) is 8.28. The molecule has 0 spiro atoms. The summed E-state index contributed by atoms with van der Waals surface area (Å²) in [7, 11) is 1.46. The molecule has 0 unspecified atom stereocenters. The molecule has 3 rings (SSSR count). The molecule has 0 radical (unpaired) electrons.